The number of carbonyl (C=O) groups excluding carboxylic acids is 3. The van der Waals surface area contributed by atoms with Gasteiger partial charge in [-0.2, -0.15) is 13.2 Å². The summed E-state index contributed by atoms with van der Waals surface area (Å²) in [7, 11) is 0. The summed E-state index contributed by atoms with van der Waals surface area (Å²) < 4.78 is 37.8. The summed E-state index contributed by atoms with van der Waals surface area (Å²) in [5, 5.41) is 4.48. The Morgan fingerprint density at radius 1 is 1.07 bits per heavy atom. The van der Waals surface area contributed by atoms with E-state index in [2.05, 4.69) is 37.2 Å². The highest BCUT2D eigenvalue weighted by molar-refractivity contribution is 9.11. The van der Waals surface area contributed by atoms with Crippen molar-refractivity contribution in [2.75, 3.05) is 32.7 Å². The van der Waals surface area contributed by atoms with Crippen LogP contribution in [0.4, 0.5) is 13.2 Å². The molecule has 1 amide bonds. The van der Waals surface area contributed by atoms with Gasteiger partial charge in [-0.25, -0.2) is 5.32 Å². The van der Waals surface area contributed by atoms with Gasteiger partial charge in [0.1, 0.15) is 13.6 Å². The summed E-state index contributed by atoms with van der Waals surface area (Å²) >= 11 is 6.71. The second kappa shape index (κ2) is 14.6. The summed E-state index contributed by atoms with van der Waals surface area (Å²) in [6.45, 7) is 6.37. The zero-order valence-corrected chi connectivity index (χ0v) is 18.9. The van der Waals surface area contributed by atoms with Crippen LogP contribution in [-0.4, -0.2) is 63.4 Å². The SMILES string of the molecule is C=O.C=O.O=C(NCC1CCN(CCNC(F)(F)F)CC1)c1cc(Br)cc(Br)c1. The lowest BCUT2D eigenvalue weighted by atomic mass is 9.96. The van der Waals surface area contributed by atoms with Crippen LogP contribution in [0.2, 0.25) is 0 Å². The molecule has 0 aromatic heterocycles. The minimum atomic E-state index is -4.32. The number of amides is 1. The van der Waals surface area contributed by atoms with Gasteiger partial charge in [-0.1, -0.05) is 31.9 Å². The largest absolute Gasteiger partial charge is 0.457 e. The van der Waals surface area contributed by atoms with E-state index in [9.17, 15) is 18.0 Å². The van der Waals surface area contributed by atoms with E-state index in [1.165, 1.54) is 0 Å². The molecule has 1 aromatic carbocycles. The van der Waals surface area contributed by atoms with Crippen molar-refractivity contribution in [2.24, 2.45) is 5.92 Å². The van der Waals surface area contributed by atoms with Gasteiger partial charge in [-0.3, -0.25) is 4.79 Å². The van der Waals surface area contributed by atoms with Crippen LogP contribution in [0.3, 0.4) is 0 Å². The summed E-state index contributed by atoms with van der Waals surface area (Å²) in [5.41, 5.74) is 0.580. The third-order valence-electron chi connectivity index (χ3n) is 4.14. The number of likely N-dealkylation sites (tertiary alicyclic amines) is 1. The molecule has 0 spiro atoms. The second-order valence-electron chi connectivity index (χ2n) is 6.08. The lowest BCUT2D eigenvalue weighted by Crippen LogP contribution is -2.43. The second-order valence-corrected chi connectivity index (χ2v) is 7.91. The number of alkyl halides is 3. The fourth-order valence-corrected chi connectivity index (χ4v) is 4.09. The average molecular weight is 547 g/mol. The summed E-state index contributed by atoms with van der Waals surface area (Å²) in [6.07, 6.45) is -2.58. The highest BCUT2D eigenvalue weighted by atomic mass is 79.9. The maximum atomic E-state index is 12.2. The van der Waals surface area contributed by atoms with Crippen LogP contribution in [0.25, 0.3) is 0 Å². The Morgan fingerprint density at radius 3 is 2.07 bits per heavy atom. The summed E-state index contributed by atoms with van der Waals surface area (Å²) in [5.74, 6) is 0.227. The Morgan fingerprint density at radius 2 is 1.59 bits per heavy atom. The molecule has 6 nitrogen and oxygen atoms in total. The normalized spacial score (nSPS) is 14.8. The van der Waals surface area contributed by atoms with Crippen LogP contribution in [0, 0.1) is 5.92 Å². The molecule has 0 bridgehead atoms. The number of nitrogens with zero attached hydrogens (tertiary/aromatic N) is 1. The van der Waals surface area contributed by atoms with Crippen LogP contribution in [0.15, 0.2) is 27.1 Å². The van der Waals surface area contributed by atoms with Crippen molar-refractivity contribution >= 4 is 51.3 Å². The number of benzene rings is 1. The Kier molecular flexibility index (Phi) is 14.0. The first-order valence-corrected chi connectivity index (χ1v) is 10.2. The van der Waals surface area contributed by atoms with Crippen LogP contribution >= 0.6 is 31.9 Å². The molecule has 1 fully saturated rings. The molecule has 29 heavy (non-hydrogen) atoms. The maximum Gasteiger partial charge on any atom is 0.457 e. The molecular formula is C18H24Br2F3N3O3. The number of hydrogen-bond acceptors (Lipinski definition) is 5. The maximum absolute atomic E-state index is 12.2. The van der Waals surface area contributed by atoms with Crippen molar-refractivity contribution in [3.63, 3.8) is 0 Å². The summed E-state index contributed by atoms with van der Waals surface area (Å²) in [6, 6.07) is 5.38. The van der Waals surface area contributed by atoms with Crippen LogP contribution in [0.1, 0.15) is 23.2 Å². The lowest BCUT2D eigenvalue weighted by molar-refractivity contribution is -0.157. The molecule has 0 saturated carbocycles. The first kappa shape index (κ1) is 27.7. The zero-order chi connectivity index (χ0) is 22.4. The molecule has 1 aromatic rings. The molecule has 164 valence electrons. The van der Waals surface area contributed by atoms with Gasteiger partial charge in [0.25, 0.3) is 5.91 Å². The van der Waals surface area contributed by atoms with Crippen molar-refractivity contribution in [3.05, 3.63) is 32.7 Å². The smallest absolute Gasteiger partial charge is 0.352 e. The van der Waals surface area contributed by atoms with Gasteiger partial charge in [0, 0.05) is 34.1 Å². The zero-order valence-electron chi connectivity index (χ0n) is 15.7. The van der Waals surface area contributed by atoms with E-state index in [-0.39, 0.29) is 12.5 Å². The van der Waals surface area contributed by atoms with Gasteiger partial charge < -0.3 is 19.8 Å². The lowest BCUT2D eigenvalue weighted by Gasteiger charge is -2.32. The highest BCUT2D eigenvalue weighted by Gasteiger charge is 2.26. The van der Waals surface area contributed by atoms with Crippen LogP contribution in [0.5, 0.6) is 0 Å². The molecule has 0 radical (unpaired) electrons. The van der Waals surface area contributed by atoms with E-state index < -0.39 is 6.30 Å². The van der Waals surface area contributed by atoms with E-state index >= 15 is 0 Å². The molecule has 1 heterocycles. The van der Waals surface area contributed by atoms with E-state index in [1.54, 1.807) is 17.4 Å². The van der Waals surface area contributed by atoms with Gasteiger partial charge in [-0.05, 0) is 50.0 Å². The standard InChI is InChI=1S/C16H20Br2F3N3O.2CH2O/c17-13-7-12(8-14(18)9-13)15(25)22-10-11-1-4-24(5-2-11)6-3-23-16(19,20)21;2*1-2/h7-9,11,23H,1-6,10H2,(H,22,25);2*1H2. The monoisotopic (exact) mass is 545 g/mol. The van der Waals surface area contributed by atoms with E-state index in [0.717, 1.165) is 34.9 Å². The third-order valence-corrected chi connectivity index (χ3v) is 5.05. The van der Waals surface area contributed by atoms with Crippen molar-refractivity contribution in [1.82, 2.24) is 15.5 Å². The average Bonchev–Trinajstić information content (AvgIpc) is 2.68. The molecule has 0 aliphatic carbocycles. The number of piperidine rings is 1. The fourth-order valence-electron chi connectivity index (χ4n) is 2.79. The van der Waals surface area contributed by atoms with Crippen molar-refractivity contribution in [3.8, 4) is 0 Å². The van der Waals surface area contributed by atoms with Crippen molar-refractivity contribution < 1.29 is 27.6 Å². The number of hydrogen-bond donors (Lipinski definition) is 2. The molecule has 1 saturated heterocycles. The fraction of sp³-hybridized carbons (Fsp3) is 0.500. The Hall–Kier alpha value is -1.30. The van der Waals surface area contributed by atoms with Gasteiger partial charge in [0.05, 0.1) is 0 Å². The van der Waals surface area contributed by atoms with Gasteiger partial charge in [0.15, 0.2) is 0 Å². The summed E-state index contributed by atoms with van der Waals surface area (Å²) in [4.78, 5) is 30.2. The van der Waals surface area contributed by atoms with Gasteiger partial charge in [0.2, 0.25) is 0 Å². The molecule has 2 rings (SSSR count). The van der Waals surface area contributed by atoms with E-state index in [1.807, 2.05) is 24.5 Å². The molecular weight excluding hydrogens is 523 g/mol. The molecule has 0 unspecified atom stereocenters. The predicted molar refractivity (Wildman–Crippen MR) is 112 cm³/mol. The minimum Gasteiger partial charge on any atom is -0.352 e. The number of rotatable bonds is 6. The number of halogens is 5. The van der Waals surface area contributed by atoms with Crippen LogP contribution < -0.4 is 10.6 Å². The third kappa shape index (κ3) is 12.1. The van der Waals surface area contributed by atoms with Crippen molar-refractivity contribution in [2.45, 2.75) is 19.1 Å². The topological polar surface area (TPSA) is 78.5 Å². The van der Waals surface area contributed by atoms with Gasteiger partial charge >= 0.3 is 6.30 Å². The minimum absolute atomic E-state index is 0.0946. The Balaban J connectivity index is 0.00000184. The highest BCUT2D eigenvalue weighted by Crippen LogP contribution is 2.21. The molecule has 11 heteroatoms. The Bertz CT molecular complexity index is 606. The van der Waals surface area contributed by atoms with Crippen LogP contribution in [-0.2, 0) is 9.59 Å². The molecule has 0 atom stereocenters. The predicted octanol–water partition coefficient (Wildman–Crippen LogP) is 3.39. The van der Waals surface area contributed by atoms with Gasteiger partial charge in [-0.15, -0.1) is 0 Å². The molecule has 2 N–H and O–H groups in total. The quantitative estimate of drug-likeness (QED) is 0.535. The first-order chi connectivity index (χ1) is 13.7. The Labute approximate surface area is 184 Å². The van der Waals surface area contributed by atoms with E-state index in [4.69, 9.17) is 9.59 Å². The molecule has 1 aliphatic rings. The number of carbonyl (C=O) groups is 3. The molecule has 1 aliphatic heterocycles. The van der Waals surface area contributed by atoms with Crippen molar-refractivity contribution in [1.29, 1.82) is 0 Å². The first-order valence-electron chi connectivity index (χ1n) is 8.59. The number of nitrogens with one attached hydrogen (secondary N) is 2. The van der Waals surface area contributed by atoms with E-state index in [0.29, 0.717) is 24.6 Å².